The lowest BCUT2D eigenvalue weighted by molar-refractivity contribution is -0.161. The maximum absolute atomic E-state index is 12.6. The van der Waals surface area contributed by atoms with Crippen LogP contribution in [0.25, 0.3) is 0 Å². The number of aliphatic hydroxyl groups is 1. The van der Waals surface area contributed by atoms with Crippen molar-refractivity contribution in [3.05, 3.63) is 48.6 Å². The molecule has 0 saturated heterocycles. The van der Waals surface area contributed by atoms with Crippen LogP contribution in [0.3, 0.4) is 0 Å². The van der Waals surface area contributed by atoms with Gasteiger partial charge in [-0.25, -0.2) is 4.57 Å². The lowest BCUT2D eigenvalue weighted by Gasteiger charge is -2.20. The van der Waals surface area contributed by atoms with Crippen LogP contribution in [-0.2, 0) is 37.5 Å². The van der Waals surface area contributed by atoms with Gasteiger partial charge in [0.25, 0.3) is 0 Å². The van der Waals surface area contributed by atoms with Crippen LogP contribution in [0.5, 0.6) is 0 Å². The molecule has 0 fully saturated rings. The number of hydrogen-bond acceptors (Lipinski definition) is 10. The average molecular weight is 884 g/mol. The van der Waals surface area contributed by atoms with E-state index in [4.69, 9.17) is 24.8 Å². The third kappa shape index (κ3) is 42.5. The Morgan fingerprint density at radius 1 is 0.574 bits per heavy atom. The zero-order valence-corrected chi connectivity index (χ0v) is 39.0. The number of hydrogen-bond donors (Lipinski definition) is 4. The van der Waals surface area contributed by atoms with Gasteiger partial charge in [0.1, 0.15) is 12.6 Å². The van der Waals surface area contributed by atoms with Crippen molar-refractivity contribution in [3.8, 4) is 0 Å². The van der Waals surface area contributed by atoms with E-state index in [2.05, 4.69) is 48.8 Å². The molecule has 0 spiro atoms. The van der Waals surface area contributed by atoms with Crippen molar-refractivity contribution in [3.63, 3.8) is 0 Å². The van der Waals surface area contributed by atoms with Crippen molar-refractivity contribution in [2.45, 2.75) is 218 Å². The standard InChI is InChI=1S/C48H86NO11P/c1-3-5-6-7-8-9-10-11-12-13-14-15-16-19-22-25-28-31-34-38-46(51)57-40-44(41-58-61(55,56)59-42-45(49)48(53)54)60-47(52)39-35-32-29-26-23-20-17-18-21-24-27-30-33-37-43(50)36-4-2/h17,20-21,24,26,29-30,33,43-45,50H,3-16,18-19,22-23,25,27-28,31-32,34-42,49H2,1-2H3,(H,53,54)(H,55,56)/b20-17-,24-21-,29-26-,33-30-/t43?,44-,45+/m1/s1. The van der Waals surface area contributed by atoms with Crippen molar-refractivity contribution >= 4 is 25.7 Å². The van der Waals surface area contributed by atoms with Gasteiger partial charge < -0.3 is 30.3 Å². The van der Waals surface area contributed by atoms with E-state index in [1.165, 1.54) is 96.3 Å². The van der Waals surface area contributed by atoms with E-state index >= 15 is 0 Å². The van der Waals surface area contributed by atoms with Crippen molar-refractivity contribution in [1.29, 1.82) is 0 Å². The molecule has 0 radical (unpaired) electrons. The largest absolute Gasteiger partial charge is 0.480 e. The number of aliphatic carboxylic acids is 1. The molecule has 0 rings (SSSR count). The number of carboxylic acids is 1. The summed E-state index contributed by atoms with van der Waals surface area (Å²) in [6, 6.07) is -1.54. The summed E-state index contributed by atoms with van der Waals surface area (Å²) >= 11 is 0. The minimum atomic E-state index is -4.74. The van der Waals surface area contributed by atoms with Gasteiger partial charge in [-0.05, 0) is 51.4 Å². The molecule has 0 saturated carbocycles. The number of carboxylic acid groups (broad SMARTS) is 1. The van der Waals surface area contributed by atoms with Gasteiger partial charge in [0.05, 0.1) is 19.3 Å². The van der Waals surface area contributed by atoms with Gasteiger partial charge in [0.15, 0.2) is 6.10 Å². The van der Waals surface area contributed by atoms with Crippen LogP contribution in [0.2, 0.25) is 0 Å². The highest BCUT2D eigenvalue weighted by Crippen LogP contribution is 2.43. The van der Waals surface area contributed by atoms with Crippen LogP contribution >= 0.6 is 7.82 Å². The van der Waals surface area contributed by atoms with Crippen LogP contribution in [0.1, 0.15) is 200 Å². The molecule has 4 atom stereocenters. The fourth-order valence-electron chi connectivity index (χ4n) is 6.43. The smallest absolute Gasteiger partial charge is 0.472 e. The molecule has 0 aliphatic heterocycles. The van der Waals surface area contributed by atoms with Crippen LogP contribution in [0.15, 0.2) is 48.6 Å². The topological polar surface area (TPSA) is 192 Å². The predicted molar refractivity (Wildman–Crippen MR) is 246 cm³/mol. The number of carbonyl (C=O) groups is 3. The molecular weight excluding hydrogens is 797 g/mol. The lowest BCUT2D eigenvalue weighted by atomic mass is 10.0. The van der Waals surface area contributed by atoms with Gasteiger partial charge in [0.2, 0.25) is 0 Å². The van der Waals surface area contributed by atoms with Crippen LogP contribution < -0.4 is 5.73 Å². The third-order valence-electron chi connectivity index (χ3n) is 10.1. The molecular formula is C48H86NO11P. The number of aliphatic hydroxyl groups excluding tert-OH is 1. The second-order valence-corrected chi connectivity index (χ2v) is 17.5. The van der Waals surface area contributed by atoms with Gasteiger partial charge in [-0.2, -0.15) is 0 Å². The van der Waals surface area contributed by atoms with Gasteiger partial charge in [-0.15, -0.1) is 0 Å². The van der Waals surface area contributed by atoms with Gasteiger partial charge in [-0.3, -0.25) is 23.4 Å². The second kappa shape index (κ2) is 42.7. The number of phosphoric acid groups is 1. The third-order valence-corrected chi connectivity index (χ3v) is 11.1. The first-order valence-electron chi connectivity index (χ1n) is 23.7. The summed E-state index contributed by atoms with van der Waals surface area (Å²) in [5.74, 6) is -2.47. The van der Waals surface area contributed by atoms with E-state index in [-0.39, 0.29) is 25.6 Å². The van der Waals surface area contributed by atoms with Gasteiger partial charge in [-0.1, -0.05) is 184 Å². The van der Waals surface area contributed by atoms with E-state index in [1.54, 1.807) is 0 Å². The first kappa shape index (κ1) is 58.4. The van der Waals surface area contributed by atoms with Crippen molar-refractivity contribution < 1.29 is 52.6 Å². The highest BCUT2D eigenvalue weighted by molar-refractivity contribution is 7.47. The normalized spacial score (nSPS) is 14.6. The number of carbonyl (C=O) groups excluding carboxylic acids is 2. The second-order valence-electron chi connectivity index (χ2n) is 16.1. The number of ether oxygens (including phenoxy) is 2. The summed E-state index contributed by atoms with van der Waals surface area (Å²) in [6.45, 7) is 2.56. The molecule has 0 bridgehead atoms. The number of nitrogens with two attached hydrogens (primary N) is 1. The fraction of sp³-hybridized carbons (Fsp3) is 0.771. The zero-order valence-electron chi connectivity index (χ0n) is 38.1. The summed E-state index contributed by atoms with van der Waals surface area (Å²) in [5, 5.41) is 18.6. The Hall–Kier alpha value is -2.60. The van der Waals surface area contributed by atoms with Crippen molar-refractivity contribution in [1.82, 2.24) is 0 Å². The number of rotatable bonds is 44. The van der Waals surface area contributed by atoms with Gasteiger partial charge in [0, 0.05) is 12.8 Å². The quantitative estimate of drug-likeness (QED) is 0.0196. The molecule has 0 aromatic heterocycles. The molecule has 5 N–H and O–H groups in total. The Morgan fingerprint density at radius 2 is 1.02 bits per heavy atom. The SMILES string of the molecule is CCCCCCCCCCCCCCCCCCCCCC(=O)OC[C@H](COP(=O)(O)OC[C@H](N)C(=O)O)OC(=O)CCC/C=C\C/C=C\C/C=C\C/C=C\CC(O)CCC. The van der Waals surface area contributed by atoms with E-state index < -0.39 is 51.1 Å². The summed E-state index contributed by atoms with van der Waals surface area (Å²) in [4.78, 5) is 46.0. The molecule has 0 aromatic carbocycles. The Kier molecular flexibility index (Phi) is 40.9. The van der Waals surface area contributed by atoms with E-state index in [0.717, 1.165) is 51.4 Å². The fourth-order valence-corrected chi connectivity index (χ4v) is 7.20. The zero-order chi connectivity index (χ0) is 45.1. The Morgan fingerprint density at radius 3 is 1.51 bits per heavy atom. The van der Waals surface area contributed by atoms with Crippen LogP contribution in [0.4, 0.5) is 0 Å². The molecule has 2 unspecified atom stereocenters. The maximum Gasteiger partial charge on any atom is 0.472 e. The monoisotopic (exact) mass is 884 g/mol. The number of phosphoric ester groups is 1. The predicted octanol–water partition coefficient (Wildman–Crippen LogP) is 11.9. The Labute approximate surface area is 369 Å². The Balaban J connectivity index is 4.38. The van der Waals surface area contributed by atoms with Crippen LogP contribution in [0, 0.1) is 0 Å². The first-order chi connectivity index (χ1) is 29.5. The summed E-state index contributed by atoms with van der Waals surface area (Å²) < 4.78 is 32.7. The van der Waals surface area contributed by atoms with E-state index in [0.29, 0.717) is 25.7 Å². The number of allylic oxidation sites excluding steroid dienone is 7. The molecule has 0 aliphatic carbocycles. The van der Waals surface area contributed by atoms with Crippen LogP contribution in [-0.4, -0.2) is 71.1 Å². The highest BCUT2D eigenvalue weighted by Gasteiger charge is 2.28. The molecule has 354 valence electrons. The molecule has 0 amide bonds. The molecule has 0 heterocycles. The summed E-state index contributed by atoms with van der Waals surface area (Å²) in [6.07, 6.45) is 45.3. The van der Waals surface area contributed by atoms with E-state index in [9.17, 15) is 28.9 Å². The minimum absolute atomic E-state index is 0.0710. The molecule has 12 nitrogen and oxygen atoms in total. The Bertz CT molecular complexity index is 1240. The summed E-state index contributed by atoms with van der Waals surface area (Å²) in [5.41, 5.74) is 5.33. The highest BCUT2D eigenvalue weighted by atomic mass is 31.2. The lowest BCUT2D eigenvalue weighted by Crippen LogP contribution is -2.34. The average Bonchev–Trinajstić information content (AvgIpc) is 3.23. The first-order valence-corrected chi connectivity index (χ1v) is 25.2. The minimum Gasteiger partial charge on any atom is -0.480 e. The van der Waals surface area contributed by atoms with E-state index in [1.807, 2.05) is 18.2 Å². The number of esters is 2. The maximum atomic E-state index is 12.6. The molecule has 13 heteroatoms. The van der Waals surface area contributed by atoms with Crippen molar-refractivity contribution in [2.75, 3.05) is 19.8 Å². The molecule has 0 aromatic rings. The number of unbranched alkanes of at least 4 members (excludes halogenated alkanes) is 19. The van der Waals surface area contributed by atoms with Crippen molar-refractivity contribution in [2.24, 2.45) is 5.73 Å². The summed E-state index contributed by atoms with van der Waals surface area (Å²) in [7, 11) is -4.74. The molecule has 61 heavy (non-hydrogen) atoms. The molecule has 0 aliphatic rings. The van der Waals surface area contributed by atoms with Gasteiger partial charge >= 0.3 is 25.7 Å².